The second-order valence-corrected chi connectivity index (χ2v) is 5.81. The molecule has 0 bridgehead atoms. The number of pyridine rings is 2. The number of amides is 1. The van der Waals surface area contributed by atoms with Crippen LogP contribution < -0.4 is 16.2 Å². The molecule has 0 fully saturated rings. The summed E-state index contributed by atoms with van der Waals surface area (Å²) >= 11 is 5.89. The van der Waals surface area contributed by atoms with Crippen LogP contribution in [0.3, 0.4) is 0 Å². The number of anilines is 3. The maximum Gasteiger partial charge on any atom is 0.257 e. The monoisotopic (exact) mass is 354 g/mol. The number of hydrogen-bond donors (Lipinski definition) is 2. The maximum absolute atomic E-state index is 12.4. The van der Waals surface area contributed by atoms with Gasteiger partial charge in [0.05, 0.1) is 23.1 Å². The molecule has 7 heteroatoms. The molecule has 0 atom stereocenters. The molecule has 6 nitrogen and oxygen atoms in total. The molecule has 25 heavy (non-hydrogen) atoms. The van der Waals surface area contributed by atoms with E-state index in [0.717, 1.165) is 5.69 Å². The van der Waals surface area contributed by atoms with Gasteiger partial charge in [0.15, 0.2) is 0 Å². The van der Waals surface area contributed by atoms with Gasteiger partial charge in [-0.1, -0.05) is 11.6 Å². The summed E-state index contributed by atoms with van der Waals surface area (Å²) in [4.78, 5) is 28.0. The zero-order valence-electron chi connectivity index (χ0n) is 13.4. The highest BCUT2D eigenvalue weighted by Gasteiger charge is 2.10. The Kier molecular flexibility index (Phi) is 4.81. The van der Waals surface area contributed by atoms with Gasteiger partial charge in [-0.3, -0.25) is 14.6 Å². The number of hydrogen-bond acceptors (Lipinski definition) is 4. The Balaban J connectivity index is 1.82. The lowest BCUT2D eigenvalue weighted by atomic mass is 10.2. The molecular weight excluding hydrogens is 340 g/mol. The molecule has 2 aromatic heterocycles. The van der Waals surface area contributed by atoms with Gasteiger partial charge < -0.3 is 15.2 Å². The lowest BCUT2D eigenvalue weighted by Crippen LogP contribution is -2.19. The van der Waals surface area contributed by atoms with E-state index in [1.54, 1.807) is 37.6 Å². The van der Waals surface area contributed by atoms with Crippen LogP contribution in [0.5, 0.6) is 0 Å². The first-order valence-electron chi connectivity index (χ1n) is 7.47. The van der Waals surface area contributed by atoms with Gasteiger partial charge in [0, 0.05) is 36.2 Å². The van der Waals surface area contributed by atoms with Crippen molar-refractivity contribution in [3.8, 4) is 0 Å². The quantitative estimate of drug-likeness (QED) is 0.752. The largest absolute Gasteiger partial charge is 0.353 e. The summed E-state index contributed by atoms with van der Waals surface area (Å²) in [6, 6.07) is 11.7. The van der Waals surface area contributed by atoms with Crippen LogP contribution in [-0.2, 0) is 7.05 Å². The summed E-state index contributed by atoms with van der Waals surface area (Å²) in [7, 11) is 1.60. The highest BCUT2D eigenvalue weighted by Crippen LogP contribution is 2.25. The molecule has 1 amide bonds. The molecule has 3 aromatic rings. The smallest absolute Gasteiger partial charge is 0.257 e. The average molecular weight is 355 g/mol. The molecule has 3 rings (SSSR count). The van der Waals surface area contributed by atoms with E-state index in [9.17, 15) is 9.59 Å². The molecular formula is C18H15ClN4O2. The molecule has 0 radical (unpaired) electrons. The minimum Gasteiger partial charge on any atom is -0.353 e. The molecule has 0 aliphatic rings. The third kappa shape index (κ3) is 4.05. The summed E-state index contributed by atoms with van der Waals surface area (Å²) in [6.45, 7) is 0. The predicted molar refractivity (Wildman–Crippen MR) is 98.6 cm³/mol. The molecule has 0 spiro atoms. The van der Waals surface area contributed by atoms with E-state index in [0.29, 0.717) is 22.0 Å². The minimum atomic E-state index is -0.319. The van der Waals surface area contributed by atoms with E-state index in [1.165, 1.54) is 22.9 Å². The first-order chi connectivity index (χ1) is 12.0. The summed E-state index contributed by atoms with van der Waals surface area (Å²) in [5.41, 5.74) is 2.24. The number of nitrogens with zero attached hydrogens (tertiary/aromatic N) is 2. The Morgan fingerprint density at radius 1 is 1.08 bits per heavy atom. The summed E-state index contributed by atoms with van der Waals surface area (Å²) in [6.07, 6.45) is 4.69. The normalized spacial score (nSPS) is 10.3. The molecule has 0 saturated heterocycles. The summed E-state index contributed by atoms with van der Waals surface area (Å²) < 4.78 is 1.36. The predicted octanol–water partition coefficient (Wildman–Crippen LogP) is 3.43. The van der Waals surface area contributed by atoms with Crippen molar-refractivity contribution < 1.29 is 4.79 Å². The van der Waals surface area contributed by atoms with Gasteiger partial charge in [0.1, 0.15) is 0 Å². The number of rotatable bonds is 4. The Labute approximate surface area is 149 Å². The van der Waals surface area contributed by atoms with Crippen molar-refractivity contribution in [1.82, 2.24) is 9.55 Å². The van der Waals surface area contributed by atoms with Crippen LogP contribution in [0.2, 0.25) is 5.02 Å². The summed E-state index contributed by atoms with van der Waals surface area (Å²) in [5, 5.41) is 6.65. The third-order valence-corrected chi connectivity index (χ3v) is 3.79. The number of carbonyl (C=O) groups is 1. The highest BCUT2D eigenvalue weighted by atomic mass is 35.5. The fraction of sp³-hybridized carbons (Fsp3) is 0.0556. The van der Waals surface area contributed by atoms with Crippen LogP contribution in [0.15, 0.2) is 65.8 Å². The first-order valence-corrected chi connectivity index (χ1v) is 7.85. The fourth-order valence-corrected chi connectivity index (χ4v) is 2.34. The van der Waals surface area contributed by atoms with E-state index < -0.39 is 0 Å². The topological polar surface area (TPSA) is 76.0 Å². The minimum absolute atomic E-state index is 0.175. The third-order valence-electron chi connectivity index (χ3n) is 3.54. The fourth-order valence-electron chi connectivity index (χ4n) is 2.21. The number of carbonyl (C=O) groups excluding carboxylic acids is 1. The van der Waals surface area contributed by atoms with E-state index >= 15 is 0 Å². The molecule has 2 heterocycles. The number of nitrogens with one attached hydrogen (secondary N) is 2. The number of halogens is 1. The first kappa shape index (κ1) is 16.7. The molecule has 126 valence electrons. The van der Waals surface area contributed by atoms with E-state index in [1.807, 2.05) is 12.1 Å². The Hall–Kier alpha value is -3.12. The van der Waals surface area contributed by atoms with Crippen LogP contribution in [0.1, 0.15) is 10.4 Å². The van der Waals surface area contributed by atoms with Crippen molar-refractivity contribution in [2.45, 2.75) is 0 Å². The molecule has 0 unspecified atom stereocenters. The summed E-state index contributed by atoms with van der Waals surface area (Å²) in [5.74, 6) is -0.319. The number of aryl methyl sites for hydroxylation is 1. The van der Waals surface area contributed by atoms with Gasteiger partial charge in [-0.25, -0.2) is 0 Å². The van der Waals surface area contributed by atoms with Gasteiger partial charge >= 0.3 is 0 Å². The van der Waals surface area contributed by atoms with Crippen molar-refractivity contribution in [2.24, 2.45) is 7.05 Å². The van der Waals surface area contributed by atoms with E-state index in [2.05, 4.69) is 15.6 Å². The van der Waals surface area contributed by atoms with Crippen molar-refractivity contribution in [3.05, 3.63) is 82.0 Å². The molecule has 1 aromatic carbocycles. The van der Waals surface area contributed by atoms with Gasteiger partial charge in [-0.15, -0.1) is 0 Å². The van der Waals surface area contributed by atoms with Crippen LogP contribution in [-0.4, -0.2) is 15.5 Å². The van der Waals surface area contributed by atoms with Crippen molar-refractivity contribution in [1.29, 1.82) is 0 Å². The highest BCUT2D eigenvalue weighted by molar-refractivity contribution is 6.30. The SMILES string of the molecule is Cn1cc(C(=O)Nc2ccncc2Nc2ccc(Cl)cc2)ccc1=O. The van der Waals surface area contributed by atoms with Crippen molar-refractivity contribution in [2.75, 3.05) is 10.6 Å². The lowest BCUT2D eigenvalue weighted by molar-refractivity contribution is 0.102. The van der Waals surface area contributed by atoms with E-state index in [4.69, 9.17) is 11.6 Å². The molecule has 0 aliphatic heterocycles. The zero-order valence-corrected chi connectivity index (χ0v) is 14.1. The lowest BCUT2D eigenvalue weighted by Gasteiger charge is -2.13. The van der Waals surface area contributed by atoms with Gasteiger partial charge in [0.2, 0.25) is 5.56 Å². The second-order valence-electron chi connectivity index (χ2n) is 5.37. The molecule has 0 saturated carbocycles. The Morgan fingerprint density at radius 3 is 2.56 bits per heavy atom. The number of aromatic nitrogens is 2. The van der Waals surface area contributed by atoms with Gasteiger partial charge in [-0.2, -0.15) is 0 Å². The van der Waals surface area contributed by atoms with Gasteiger partial charge in [0.25, 0.3) is 5.91 Å². The second kappa shape index (κ2) is 7.19. The Bertz CT molecular complexity index is 967. The van der Waals surface area contributed by atoms with Crippen molar-refractivity contribution >= 4 is 34.6 Å². The molecule has 0 aliphatic carbocycles. The van der Waals surface area contributed by atoms with Crippen LogP contribution in [0.4, 0.5) is 17.1 Å². The number of benzene rings is 1. The maximum atomic E-state index is 12.4. The van der Waals surface area contributed by atoms with Crippen LogP contribution in [0, 0.1) is 0 Å². The average Bonchev–Trinajstić information content (AvgIpc) is 2.61. The van der Waals surface area contributed by atoms with Crippen LogP contribution >= 0.6 is 11.6 Å². The van der Waals surface area contributed by atoms with Crippen molar-refractivity contribution in [3.63, 3.8) is 0 Å². The van der Waals surface area contributed by atoms with E-state index in [-0.39, 0.29) is 11.5 Å². The van der Waals surface area contributed by atoms with Gasteiger partial charge in [-0.05, 0) is 36.4 Å². The standard InChI is InChI=1S/C18H15ClN4O2/c1-23-11-12(2-7-17(23)24)18(25)22-15-8-9-20-10-16(15)21-14-5-3-13(19)4-6-14/h2-11,21H,1H3,(H,20,22,25). The van der Waals surface area contributed by atoms with Crippen LogP contribution in [0.25, 0.3) is 0 Å². The Morgan fingerprint density at radius 2 is 1.84 bits per heavy atom. The zero-order chi connectivity index (χ0) is 17.8. The molecule has 2 N–H and O–H groups in total.